The number of carbonyl (C=O) groups excluding carboxylic acids is 1. The number of hydrogen-bond acceptors (Lipinski definition) is 3. The quantitative estimate of drug-likeness (QED) is 0.613. The first-order chi connectivity index (χ1) is 9.58. The highest BCUT2D eigenvalue weighted by Gasteiger charge is 2.35. The summed E-state index contributed by atoms with van der Waals surface area (Å²) in [6.07, 6.45) is 4.81. The Labute approximate surface area is 118 Å². The Morgan fingerprint density at radius 2 is 2.30 bits per heavy atom. The summed E-state index contributed by atoms with van der Waals surface area (Å²) in [5, 5.41) is 0. The van der Waals surface area contributed by atoms with Crippen molar-refractivity contribution in [2.24, 2.45) is 11.8 Å². The molecule has 0 amide bonds. The van der Waals surface area contributed by atoms with Crippen LogP contribution in [0.3, 0.4) is 0 Å². The van der Waals surface area contributed by atoms with Crippen molar-refractivity contribution in [3.63, 3.8) is 0 Å². The molecule has 1 heterocycles. The summed E-state index contributed by atoms with van der Waals surface area (Å²) in [4.78, 5) is 16.1. The normalized spacial score (nSPS) is 18.4. The highest BCUT2D eigenvalue weighted by atomic mass is 19.1. The molecule has 2 unspecified atom stereocenters. The summed E-state index contributed by atoms with van der Waals surface area (Å²) >= 11 is 0. The molecule has 1 aliphatic rings. The Bertz CT molecular complexity index is 496. The van der Waals surface area contributed by atoms with Crippen molar-refractivity contribution >= 4 is 5.97 Å². The smallest absolute Gasteiger partial charge is 0.309 e. The first kappa shape index (κ1) is 14.7. The van der Waals surface area contributed by atoms with E-state index in [0.717, 1.165) is 11.3 Å². The van der Waals surface area contributed by atoms with E-state index in [0.29, 0.717) is 31.4 Å². The molecule has 4 heteroatoms. The van der Waals surface area contributed by atoms with Crippen LogP contribution in [0.1, 0.15) is 30.2 Å². The largest absolute Gasteiger partial charge is 0.466 e. The fourth-order valence-corrected chi connectivity index (χ4v) is 2.95. The second-order valence-corrected chi connectivity index (χ2v) is 5.20. The van der Waals surface area contributed by atoms with Crippen molar-refractivity contribution in [1.82, 2.24) is 4.98 Å². The summed E-state index contributed by atoms with van der Waals surface area (Å²) in [6, 6.07) is 0. The van der Waals surface area contributed by atoms with Crippen LogP contribution in [-0.2, 0) is 22.4 Å². The topological polar surface area (TPSA) is 39.2 Å². The SMILES string of the molecule is C=CCC(C(=O)OCC)C1Cc2c(F)cnc(C)c2C1. The maximum Gasteiger partial charge on any atom is 0.309 e. The minimum atomic E-state index is -0.269. The van der Waals surface area contributed by atoms with Crippen molar-refractivity contribution < 1.29 is 13.9 Å². The molecule has 1 aromatic rings. The summed E-state index contributed by atoms with van der Waals surface area (Å²) in [5.74, 6) is -0.663. The molecule has 0 aliphatic heterocycles. The van der Waals surface area contributed by atoms with Crippen molar-refractivity contribution in [1.29, 1.82) is 0 Å². The molecule has 0 fully saturated rings. The van der Waals surface area contributed by atoms with Crippen molar-refractivity contribution in [2.45, 2.75) is 33.1 Å². The third-order valence-corrected chi connectivity index (χ3v) is 3.97. The number of aryl methyl sites for hydroxylation is 1. The molecular weight excluding hydrogens is 257 g/mol. The van der Waals surface area contributed by atoms with E-state index in [4.69, 9.17) is 4.74 Å². The van der Waals surface area contributed by atoms with Gasteiger partial charge in [-0.3, -0.25) is 9.78 Å². The van der Waals surface area contributed by atoms with Crippen LogP contribution in [0.2, 0.25) is 0 Å². The van der Waals surface area contributed by atoms with Gasteiger partial charge in [0.1, 0.15) is 5.82 Å². The highest BCUT2D eigenvalue weighted by Crippen LogP contribution is 2.36. The zero-order valence-corrected chi connectivity index (χ0v) is 12.0. The van der Waals surface area contributed by atoms with Gasteiger partial charge in [0.25, 0.3) is 0 Å². The third kappa shape index (κ3) is 2.74. The molecular formula is C16H20FNO2. The molecule has 0 radical (unpaired) electrons. The Morgan fingerprint density at radius 1 is 1.60 bits per heavy atom. The third-order valence-electron chi connectivity index (χ3n) is 3.97. The molecule has 0 saturated heterocycles. The molecule has 0 saturated carbocycles. The number of aromatic nitrogens is 1. The van der Waals surface area contributed by atoms with Crippen LogP contribution in [0.5, 0.6) is 0 Å². The lowest BCUT2D eigenvalue weighted by Gasteiger charge is -2.20. The van der Waals surface area contributed by atoms with E-state index in [9.17, 15) is 9.18 Å². The van der Waals surface area contributed by atoms with Crippen molar-refractivity contribution in [2.75, 3.05) is 6.61 Å². The van der Waals surface area contributed by atoms with Gasteiger partial charge >= 0.3 is 5.97 Å². The molecule has 1 aliphatic carbocycles. The second-order valence-electron chi connectivity index (χ2n) is 5.20. The van der Waals surface area contributed by atoms with Gasteiger partial charge in [-0.1, -0.05) is 6.08 Å². The molecule has 1 aromatic heterocycles. The van der Waals surface area contributed by atoms with Gasteiger partial charge < -0.3 is 4.74 Å². The van der Waals surface area contributed by atoms with Gasteiger partial charge in [-0.05, 0) is 50.2 Å². The Morgan fingerprint density at radius 3 is 2.90 bits per heavy atom. The van der Waals surface area contributed by atoms with E-state index in [1.807, 2.05) is 6.92 Å². The standard InChI is InChI=1S/C16H20FNO2/c1-4-6-12(16(19)20-5-2)11-7-13-10(3)18-9-15(17)14(13)8-11/h4,9,11-12H,1,5-8H2,2-3H3. The molecule has 108 valence electrons. The molecule has 2 atom stereocenters. The molecule has 2 rings (SSSR count). The summed E-state index contributed by atoms with van der Waals surface area (Å²) in [7, 11) is 0. The van der Waals surface area contributed by atoms with Gasteiger partial charge in [0.15, 0.2) is 0 Å². The number of esters is 1. The van der Waals surface area contributed by atoms with Gasteiger partial charge in [0.2, 0.25) is 0 Å². The van der Waals surface area contributed by atoms with Crippen LogP contribution in [0.4, 0.5) is 4.39 Å². The lowest BCUT2D eigenvalue weighted by Crippen LogP contribution is -2.26. The molecule has 0 spiro atoms. The molecule has 3 nitrogen and oxygen atoms in total. The average Bonchev–Trinajstić information content (AvgIpc) is 2.86. The van der Waals surface area contributed by atoms with Crippen LogP contribution >= 0.6 is 0 Å². The van der Waals surface area contributed by atoms with Crippen molar-refractivity contribution in [3.8, 4) is 0 Å². The zero-order chi connectivity index (χ0) is 14.7. The van der Waals surface area contributed by atoms with Crippen LogP contribution in [-0.4, -0.2) is 17.6 Å². The first-order valence-electron chi connectivity index (χ1n) is 6.98. The predicted octanol–water partition coefficient (Wildman–Crippen LogP) is 3.00. The second kappa shape index (κ2) is 6.16. The van der Waals surface area contributed by atoms with Crippen LogP contribution in [0.15, 0.2) is 18.9 Å². The fraction of sp³-hybridized carbons (Fsp3) is 0.500. The number of nitrogens with zero attached hydrogens (tertiary/aromatic N) is 1. The predicted molar refractivity (Wildman–Crippen MR) is 74.8 cm³/mol. The van der Waals surface area contributed by atoms with E-state index >= 15 is 0 Å². The van der Waals surface area contributed by atoms with Gasteiger partial charge in [-0.2, -0.15) is 0 Å². The molecule has 0 aromatic carbocycles. The first-order valence-corrected chi connectivity index (χ1v) is 6.98. The Balaban J connectivity index is 2.23. The van der Waals surface area contributed by atoms with Gasteiger partial charge in [0, 0.05) is 5.69 Å². The van der Waals surface area contributed by atoms with Crippen LogP contribution in [0, 0.1) is 24.6 Å². The van der Waals surface area contributed by atoms with Crippen LogP contribution in [0.25, 0.3) is 0 Å². The number of fused-ring (bicyclic) bond motifs is 1. The summed E-state index contributed by atoms with van der Waals surface area (Å²) in [6.45, 7) is 7.74. The maximum absolute atomic E-state index is 13.8. The lowest BCUT2D eigenvalue weighted by molar-refractivity contribution is -0.149. The number of carbonyl (C=O) groups is 1. The Hall–Kier alpha value is -1.71. The lowest BCUT2D eigenvalue weighted by atomic mass is 9.87. The van der Waals surface area contributed by atoms with Gasteiger partial charge in [-0.25, -0.2) is 4.39 Å². The molecule has 20 heavy (non-hydrogen) atoms. The molecule has 0 bridgehead atoms. The van der Waals surface area contributed by atoms with Gasteiger partial charge in [-0.15, -0.1) is 6.58 Å². The minimum Gasteiger partial charge on any atom is -0.466 e. The van der Waals surface area contributed by atoms with E-state index in [-0.39, 0.29) is 23.6 Å². The molecule has 0 N–H and O–H groups in total. The van der Waals surface area contributed by atoms with Crippen molar-refractivity contribution in [3.05, 3.63) is 41.5 Å². The fourth-order valence-electron chi connectivity index (χ4n) is 2.95. The number of halogens is 1. The number of rotatable bonds is 5. The van der Waals surface area contributed by atoms with E-state index < -0.39 is 0 Å². The van der Waals surface area contributed by atoms with E-state index in [1.165, 1.54) is 6.20 Å². The number of ether oxygens (including phenoxy) is 1. The number of pyridine rings is 1. The average molecular weight is 277 g/mol. The summed E-state index contributed by atoms with van der Waals surface area (Å²) < 4.78 is 19.0. The number of allylic oxidation sites excluding steroid dienone is 1. The number of hydrogen-bond donors (Lipinski definition) is 0. The summed E-state index contributed by atoms with van der Waals surface area (Å²) in [5.41, 5.74) is 2.51. The highest BCUT2D eigenvalue weighted by molar-refractivity contribution is 5.73. The maximum atomic E-state index is 13.8. The van der Waals surface area contributed by atoms with E-state index in [1.54, 1.807) is 13.0 Å². The zero-order valence-electron chi connectivity index (χ0n) is 12.0. The monoisotopic (exact) mass is 277 g/mol. The minimum absolute atomic E-state index is 0.0689. The van der Waals surface area contributed by atoms with E-state index in [2.05, 4.69) is 11.6 Å². The Kier molecular flexibility index (Phi) is 4.53. The van der Waals surface area contributed by atoms with Gasteiger partial charge in [0.05, 0.1) is 18.7 Å². The van der Waals surface area contributed by atoms with Crippen LogP contribution < -0.4 is 0 Å².